The molecule has 3 N–H and O–H groups in total. The normalized spacial score (nSPS) is 23.2. The monoisotopic (exact) mass is 389 g/mol. The maximum atomic E-state index is 12.7. The molecule has 0 aromatic heterocycles. The lowest BCUT2D eigenvalue weighted by molar-refractivity contribution is 0.00678. The van der Waals surface area contributed by atoms with E-state index in [0.717, 1.165) is 0 Å². The van der Waals surface area contributed by atoms with Gasteiger partial charge in [-0.25, -0.2) is 9.59 Å². The molecule has 0 radical (unpaired) electrons. The van der Waals surface area contributed by atoms with Crippen molar-refractivity contribution in [3.8, 4) is 5.75 Å². The van der Waals surface area contributed by atoms with Gasteiger partial charge in [-0.05, 0) is 30.4 Å². The quantitative estimate of drug-likeness (QED) is 0.542. The van der Waals surface area contributed by atoms with Crippen LogP contribution in [0.4, 0.5) is 4.79 Å². The number of rotatable bonds is 3. The van der Waals surface area contributed by atoms with Gasteiger partial charge < -0.3 is 19.7 Å². The van der Waals surface area contributed by atoms with Crippen LogP contribution in [0.2, 0.25) is 0 Å². The van der Waals surface area contributed by atoms with Gasteiger partial charge in [0, 0.05) is 19.0 Å². The van der Waals surface area contributed by atoms with Crippen LogP contribution in [0, 0.1) is 5.92 Å². The highest BCUT2D eigenvalue weighted by Gasteiger charge is 2.25. The zero-order valence-electron chi connectivity index (χ0n) is 16.1. The van der Waals surface area contributed by atoms with Gasteiger partial charge in [0.25, 0.3) is 0 Å². The van der Waals surface area contributed by atoms with Crippen LogP contribution < -0.4 is 5.32 Å². The Bertz CT molecular complexity index is 742. The Hall–Kier alpha value is -2.80. The molecule has 1 aromatic carbocycles. The number of carbonyl (C=O) groups is 2. The summed E-state index contributed by atoms with van der Waals surface area (Å²) in [5.74, 6) is -0.775. The second kappa shape index (κ2) is 10.5. The third kappa shape index (κ3) is 6.13. The first-order valence-corrected chi connectivity index (χ1v) is 9.26. The van der Waals surface area contributed by atoms with E-state index in [-0.39, 0.29) is 30.1 Å². The lowest BCUT2D eigenvalue weighted by atomic mass is 9.94. The van der Waals surface area contributed by atoms with E-state index in [0.29, 0.717) is 18.4 Å². The predicted molar refractivity (Wildman–Crippen MR) is 104 cm³/mol. The average molecular weight is 389 g/mol. The van der Waals surface area contributed by atoms with Crippen molar-refractivity contribution in [3.05, 3.63) is 53.8 Å². The number of hydrogen-bond donors (Lipinski definition) is 3. The topological polar surface area (TPSA) is 105 Å². The number of ether oxygens (including phenoxy) is 2. The van der Waals surface area contributed by atoms with E-state index in [1.807, 2.05) is 19.1 Å². The van der Waals surface area contributed by atoms with Gasteiger partial charge in [0.05, 0.1) is 13.2 Å². The number of aliphatic hydroxyl groups excluding tert-OH is 1. The number of methoxy groups -OCH3 is 1. The summed E-state index contributed by atoms with van der Waals surface area (Å²) in [5, 5.41) is 23.0. The second-order valence-corrected chi connectivity index (χ2v) is 6.80. The number of fused-ring (bicyclic) bond motifs is 1. The van der Waals surface area contributed by atoms with Crippen molar-refractivity contribution >= 4 is 12.1 Å². The molecule has 1 aliphatic rings. The summed E-state index contributed by atoms with van der Waals surface area (Å²) in [5.41, 5.74) is 0.814. The van der Waals surface area contributed by atoms with E-state index >= 15 is 0 Å². The molecule has 0 fully saturated rings. The van der Waals surface area contributed by atoms with Gasteiger partial charge in [0.1, 0.15) is 17.4 Å². The molecular formula is C21H27NO6. The van der Waals surface area contributed by atoms with Crippen molar-refractivity contribution in [1.82, 2.24) is 5.32 Å². The third-order valence-electron chi connectivity index (χ3n) is 4.68. The fourth-order valence-electron chi connectivity index (χ4n) is 2.98. The Morgan fingerprint density at radius 3 is 2.93 bits per heavy atom. The van der Waals surface area contributed by atoms with E-state index < -0.39 is 24.3 Å². The summed E-state index contributed by atoms with van der Waals surface area (Å²) >= 11 is 0. The fraction of sp³-hybridized carbons (Fsp3) is 0.429. The zero-order chi connectivity index (χ0) is 20.5. The number of aromatic hydroxyl groups is 1. The Labute approximate surface area is 164 Å². The Morgan fingerprint density at radius 2 is 2.18 bits per heavy atom. The SMILES string of the molecule is COC(=O)NC=CC[C@H]1C[C@@H](O)[C@@H](C)CC=CCc2cccc(O)c2C(=O)O1. The summed E-state index contributed by atoms with van der Waals surface area (Å²) in [7, 11) is 1.26. The molecule has 7 nitrogen and oxygen atoms in total. The molecule has 0 unspecified atom stereocenters. The Morgan fingerprint density at radius 1 is 1.39 bits per heavy atom. The maximum Gasteiger partial charge on any atom is 0.410 e. The summed E-state index contributed by atoms with van der Waals surface area (Å²) in [4.78, 5) is 23.8. The smallest absolute Gasteiger partial charge is 0.410 e. The van der Waals surface area contributed by atoms with Crippen molar-refractivity contribution in [1.29, 1.82) is 0 Å². The molecule has 0 saturated heterocycles. The number of phenolic OH excluding ortho intramolecular Hbond substituents is 1. The van der Waals surface area contributed by atoms with Crippen molar-refractivity contribution in [3.63, 3.8) is 0 Å². The number of carbonyl (C=O) groups excluding carboxylic acids is 2. The third-order valence-corrected chi connectivity index (χ3v) is 4.68. The van der Waals surface area contributed by atoms with Crippen LogP contribution >= 0.6 is 0 Å². The van der Waals surface area contributed by atoms with E-state index in [2.05, 4.69) is 10.1 Å². The number of benzene rings is 1. The van der Waals surface area contributed by atoms with Crippen LogP contribution in [0.15, 0.2) is 42.6 Å². The van der Waals surface area contributed by atoms with Gasteiger partial charge in [0.2, 0.25) is 0 Å². The molecule has 1 amide bonds. The average Bonchev–Trinajstić information content (AvgIpc) is 2.66. The molecule has 0 saturated carbocycles. The van der Waals surface area contributed by atoms with Crippen LogP contribution in [0.3, 0.4) is 0 Å². The fourth-order valence-corrected chi connectivity index (χ4v) is 2.98. The van der Waals surface area contributed by atoms with Crippen molar-refractivity contribution in [2.75, 3.05) is 7.11 Å². The van der Waals surface area contributed by atoms with Gasteiger partial charge in [-0.3, -0.25) is 5.32 Å². The minimum absolute atomic E-state index is 0.00213. The summed E-state index contributed by atoms with van der Waals surface area (Å²) in [6, 6.07) is 4.91. The number of amides is 1. The Kier molecular flexibility index (Phi) is 8.07. The highest BCUT2D eigenvalue weighted by atomic mass is 16.5. The predicted octanol–water partition coefficient (Wildman–Crippen LogP) is 3.07. The first-order valence-electron chi connectivity index (χ1n) is 9.26. The molecule has 28 heavy (non-hydrogen) atoms. The molecule has 2 rings (SSSR count). The van der Waals surface area contributed by atoms with E-state index in [9.17, 15) is 19.8 Å². The van der Waals surface area contributed by atoms with Crippen LogP contribution in [-0.4, -0.2) is 41.6 Å². The van der Waals surface area contributed by atoms with Gasteiger partial charge >= 0.3 is 12.1 Å². The number of nitrogens with one attached hydrogen (secondary N) is 1. The molecule has 1 heterocycles. The second-order valence-electron chi connectivity index (χ2n) is 6.80. The van der Waals surface area contributed by atoms with Gasteiger partial charge in [-0.15, -0.1) is 0 Å². The molecule has 152 valence electrons. The van der Waals surface area contributed by atoms with Crippen molar-refractivity contribution in [2.24, 2.45) is 5.92 Å². The number of hydrogen-bond acceptors (Lipinski definition) is 6. The molecule has 1 aromatic rings. The lowest BCUT2D eigenvalue weighted by Crippen LogP contribution is -2.28. The Balaban J connectivity index is 2.23. The number of alkyl carbamates (subject to hydrolysis) is 1. The first-order chi connectivity index (χ1) is 13.4. The number of allylic oxidation sites excluding steroid dienone is 2. The van der Waals surface area contributed by atoms with Crippen LogP contribution in [0.5, 0.6) is 5.75 Å². The largest absolute Gasteiger partial charge is 0.507 e. The minimum Gasteiger partial charge on any atom is -0.507 e. The number of cyclic esters (lactones) is 1. The molecule has 7 heteroatoms. The number of aliphatic hydroxyl groups is 1. The van der Waals surface area contributed by atoms with Crippen LogP contribution in [-0.2, 0) is 15.9 Å². The molecule has 3 atom stereocenters. The number of esters is 1. The van der Waals surface area contributed by atoms with Crippen molar-refractivity contribution < 1.29 is 29.3 Å². The van der Waals surface area contributed by atoms with E-state index in [4.69, 9.17) is 4.74 Å². The van der Waals surface area contributed by atoms with Gasteiger partial charge in [0.15, 0.2) is 0 Å². The summed E-state index contributed by atoms with van der Waals surface area (Å²) < 4.78 is 10.1. The molecule has 0 aliphatic carbocycles. The zero-order valence-corrected chi connectivity index (χ0v) is 16.1. The maximum absolute atomic E-state index is 12.7. The highest BCUT2D eigenvalue weighted by Crippen LogP contribution is 2.26. The van der Waals surface area contributed by atoms with E-state index in [1.165, 1.54) is 19.4 Å². The minimum atomic E-state index is -0.660. The standard InChI is InChI=1S/C21H27NO6/c1-14-7-3-4-8-15-9-5-11-17(23)19(15)20(25)28-16(13-18(14)24)10-6-12-22-21(26)27-2/h3-6,9,11-12,14,16,18,23-24H,7-8,10,13H2,1-2H3,(H,22,26)/t14-,16-,18+/m0/s1. The summed E-state index contributed by atoms with van der Waals surface area (Å²) in [6.07, 6.45) is 6.76. The first kappa shape index (κ1) is 21.5. The summed E-state index contributed by atoms with van der Waals surface area (Å²) in [6.45, 7) is 1.94. The van der Waals surface area contributed by atoms with E-state index in [1.54, 1.807) is 18.2 Å². The van der Waals surface area contributed by atoms with Gasteiger partial charge in [-0.2, -0.15) is 0 Å². The molecule has 0 spiro atoms. The number of phenols is 1. The van der Waals surface area contributed by atoms with Gasteiger partial charge in [-0.1, -0.05) is 37.3 Å². The molecule has 0 bridgehead atoms. The highest BCUT2D eigenvalue weighted by molar-refractivity contribution is 5.94. The van der Waals surface area contributed by atoms with Crippen molar-refractivity contribution in [2.45, 2.75) is 44.8 Å². The van der Waals surface area contributed by atoms with Crippen LogP contribution in [0.25, 0.3) is 0 Å². The van der Waals surface area contributed by atoms with Crippen LogP contribution in [0.1, 0.15) is 42.1 Å². The lowest BCUT2D eigenvalue weighted by Gasteiger charge is -2.24. The molecular weight excluding hydrogens is 362 g/mol. The molecule has 1 aliphatic heterocycles.